The van der Waals surface area contributed by atoms with Crippen molar-refractivity contribution >= 4 is 35.8 Å². The van der Waals surface area contributed by atoms with Gasteiger partial charge in [0.25, 0.3) is 0 Å². The molecular weight excluding hydrogens is 628 g/mol. The zero-order chi connectivity index (χ0) is 35.9. The molecule has 13 nitrogen and oxygen atoms in total. The molecule has 0 bridgehead atoms. The van der Waals surface area contributed by atoms with Gasteiger partial charge in [0.15, 0.2) is 17.3 Å². The van der Waals surface area contributed by atoms with Crippen LogP contribution in [-0.4, -0.2) is 83.6 Å². The highest BCUT2D eigenvalue weighted by atomic mass is 16.7. The fourth-order valence-electron chi connectivity index (χ4n) is 8.23. The second kappa shape index (κ2) is 13.8. The average molecular weight is 679 g/mol. The Balaban J connectivity index is 2.05. The third kappa shape index (κ3) is 6.71. The van der Waals surface area contributed by atoms with Crippen LogP contribution < -0.4 is 0 Å². The van der Waals surface area contributed by atoms with Crippen molar-refractivity contribution in [1.82, 2.24) is 0 Å². The molecule has 11 atom stereocenters. The van der Waals surface area contributed by atoms with Crippen molar-refractivity contribution in [2.45, 2.75) is 149 Å². The third-order valence-electron chi connectivity index (χ3n) is 10.3. The maximum absolute atomic E-state index is 13.4. The molecule has 1 saturated carbocycles. The predicted molar refractivity (Wildman–Crippen MR) is 167 cm³/mol. The van der Waals surface area contributed by atoms with Gasteiger partial charge in [-0.15, -0.1) is 0 Å². The molecular formula is C35H50O13. The van der Waals surface area contributed by atoms with Crippen LogP contribution in [0.15, 0.2) is 11.6 Å². The summed E-state index contributed by atoms with van der Waals surface area (Å²) in [5.41, 5.74) is -3.91. The Morgan fingerprint density at radius 1 is 0.896 bits per heavy atom. The summed E-state index contributed by atoms with van der Waals surface area (Å²) in [5, 5.41) is 0. The summed E-state index contributed by atoms with van der Waals surface area (Å²) in [6.07, 6.45) is -4.21. The summed E-state index contributed by atoms with van der Waals surface area (Å²) < 4.78 is 42.5. The molecule has 0 amide bonds. The van der Waals surface area contributed by atoms with Crippen molar-refractivity contribution in [1.29, 1.82) is 0 Å². The fourth-order valence-corrected chi connectivity index (χ4v) is 8.23. The first-order valence-electron chi connectivity index (χ1n) is 16.8. The second-order valence-corrected chi connectivity index (χ2v) is 14.5. The minimum absolute atomic E-state index is 0.00261. The van der Waals surface area contributed by atoms with E-state index in [0.29, 0.717) is 12.0 Å². The Morgan fingerprint density at radius 2 is 1.48 bits per heavy atom. The molecule has 1 spiro atoms. The molecule has 0 radical (unpaired) electrons. The SMILES string of the molecule is CCCC(=O)O[C@H]1C/C(C)=C\[C@@H]2OC(=O)C3(C)O[C@]23[C@@H](OC(C)=O)[C@H]2[C@@H](C)[C@@H](OC(=O)CC(C)C)C[C@H](OC(C)=O)[C@]2(C)[C@H]1OC(C)=O. The lowest BCUT2D eigenvalue weighted by Gasteiger charge is -2.57. The van der Waals surface area contributed by atoms with Crippen LogP contribution in [0, 0.1) is 23.2 Å². The van der Waals surface area contributed by atoms with Gasteiger partial charge in [-0.25, -0.2) is 4.79 Å². The van der Waals surface area contributed by atoms with E-state index in [2.05, 4.69) is 0 Å². The smallest absolute Gasteiger partial charge is 0.342 e. The fraction of sp³-hybridized carbons (Fsp3) is 0.771. The molecule has 2 aliphatic heterocycles. The Kier molecular flexibility index (Phi) is 10.7. The van der Waals surface area contributed by atoms with Crippen molar-refractivity contribution in [2.24, 2.45) is 23.2 Å². The second-order valence-electron chi connectivity index (χ2n) is 14.5. The van der Waals surface area contributed by atoms with Crippen LogP contribution in [0.3, 0.4) is 0 Å². The average Bonchev–Trinajstić information content (AvgIpc) is 3.53. The topological polar surface area (TPSA) is 170 Å². The number of carbonyl (C=O) groups is 6. The van der Waals surface area contributed by atoms with E-state index in [1.54, 1.807) is 33.8 Å². The highest BCUT2D eigenvalue weighted by molar-refractivity contribution is 5.89. The van der Waals surface area contributed by atoms with Crippen LogP contribution in [0.25, 0.3) is 0 Å². The van der Waals surface area contributed by atoms with Crippen LogP contribution in [0.4, 0.5) is 0 Å². The van der Waals surface area contributed by atoms with Crippen molar-refractivity contribution in [3.8, 4) is 0 Å². The van der Waals surface area contributed by atoms with Gasteiger partial charge in [-0.1, -0.05) is 40.2 Å². The quantitative estimate of drug-likeness (QED) is 0.149. The lowest BCUT2D eigenvalue weighted by molar-refractivity contribution is -0.248. The van der Waals surface area contributed by atoms with Crippen LogP contribution in [0.2, 0.25) is 0 Å². The summed E-state index contributed by atoms with van der Waals surface area (Å²) in [4.78, 5) is 78.3. The number of rotatable bonds is 9. The number of fused-ring (bicyclic) bond motifs is 1. The van der Waals surface area contributed by atoms with Crippen LogP contribution in [0.1, 0.15) is 101 Å². The van der Waals surface area contributed by atoms with E-state index in [1.807, 2.05) is 20.8 Å². The molecule has 0 aromatic heterocycles. The first kappa shape index (κ1) is 37.3. The zero-order valence-electron chi connectivity index (χ0n) is 29.6. The molecule has 268 valence electrons. The van der Waals surface area contributed by atoms with Crippen LogP contribution in [-0.2, 0) is 61.9 Å². The Morgan fingerprint density at radius 3 is 2.02 bits per heavy atom. The molecule has 3 fully saturated rings. The molecule has 13 heteroatoms. The first-order chi connectivity index (χ1) is 22.3. The molecule has 1 unspecified atom stereocenters. The number of esters is 6. The summed E-state index contributed by atoms with van der Waals surface area (Å²) in [6, 6.07) is 0. The molecule has 2 aliphatic carbocycles. The van der Waals surface area contributed by atoms with Gasteiger partial charge < -0.3 is 33.2 Å². The van der Waals surface area contributed by atoms with Gasteiger partial charge in [-0.05, 0) is 32.3 Å². The first-order valence-corrected chi connectivity index (χ1v) is 16.8. The number of ether oxygens (including phenoxy) is 7. The Bertz CT molecular complexity index is 1350. The van der Waals surface area contributed by atoms with Crippen molar-refractivity contribution in [3.05, 3.63) is 11.6 Å². The third-order valence-corrected chi connectivity index (χ3v) is 10.3. The van der Waals surface area contributed by atoms with Gasteiger partial charge in [0, 0.05) is 58.3 Å². The van der Waals surface area contributed by atoms with Crippen molar-refractivity contribution in [2.75, 3.05) is 0 Å². The summed E-state index contributed by atoms with van der Waals surface area (Å²) in [5.74, 6) is -5.37. The monoisotopic (exact) mass is 678 g/mol. The van der Waals surface area contributed by atoms with E-state index in [4.69, 9.17) is 33.2 Å². The van der Waals surface area contributed by atoms with Gasteiger partial charge in [-0.3, -0.25) is 24.0 Å². The van der Waals surface area contributed by atoms with Crippen molar-refractivity contribution < 1.29 is 61.9 Å². The standard InChI is InChI=1S/C35H50O13/c1-11-12-27(39)46-24-14-18(4)15-26-35(34(10,48-35)32(41)47-26)31(44-22(8)38)29-19(5)23(45-28(40)13-17(2)3)16-25(42-20(6)36)33(29,9)30(24)43-21(7)37/h15,17,19,23-26,29-31H,11-14,16H2,1-10H3/b18-15-/t19-,23-,24-,25-,26-,29+,30-,31-,33-,34?,35-/m0/s1. The normalized spacial score (nSPS) is 39.6. The zero-order valence-corrected chi connectivity index (χ0v) is 29.6. The van der Waals surface area contributed by atoms with E-state index < -0.39 is 101 Å². The lowest BCUT2D eigenvalue weighted by atomic mass is 9.52. The van der Waals surface area contributed by atoms with Gasteiger partial charge in [0.2, 0.25) is 0 Å². The number of hydrogen-bond acceptors (Lipinski definition) is 13. The van der Waals surface area contributed by atoms with Crippen LogP contribution >= 0.6 is 0 Å². The van der Waals surface area contributed by atoms with Crippen molar-refractivity contribution in [3.63, 3.8) is 0 Å². The number of hydrogen-bond donors (Lipinski definition) is 0. The lowest BCUT2D eigenvalue weighted by Crippen LogP contribution is -2.68. The summed E-state index contributed by atoms with van der Waals surface area (Å²) in [6.45, 7) is 16.1. The minimum Gasteiger partial charge on any atom is -0.462 e. The molecule has 2 saturated heterocycles. The number of epoxide rings is 1. The summed E-state index contributed by atoms with van der Waals surface area (Å²) >= 11 is 0. The minimum atomic E-state index is -1.53. The Hall–Kier alpha value is -3.48. The van der Waals surface area contributed by atoms with E-state index in [9.17, 15) is 28.8 Å². The highest BCUT2D eigenvalue weighted by Gasteiger charge is 2.87. The maximum atomic E-state index is 13.4. The molecule has 2 heterocycles. The molecule has 0 aromatic carbocycles. The largest absolute Gasteiger partial charge is 0.462 e. The predicted octanol–water partition coefficient (Wildman–Crippen LogP) is 3.92. The molecule has 0 aromatic rings. The van der Waals surface area contributed by atoms with E-state index >= 15 is 0 Å². The van der Waals surface area contributed by atoms with Gasteiger partial charge in [0.05, 0.1) is 5.41 Å². The van der Waals surface area contributed by atoms with Gasteiger partial charge in [0.1, 0.15) is 30.5 Å². The number of carbonyl (C=O) groups excluding carboxylic acids is 6. The maximum Gasteiger partial charge on any atom is 0.342 e. The van der Waals surface area contributed by atoms with E-state index in [-0.39, 0.29) is 31.6 Å². The van der Waals surface area contributed by atoms with Gasteiger partial charge in [-0.2, -0.15) is 0 Å². The highest BCUT2D eigenvalue weighted by Crippen LogP contribution is 2.66. The van der Waals surface area contributed by atoms with E-state index in [0.717, 1.165) is 0 Å². The molecule has 0 N–H and O–H groups in total. The van der Waals surface area contributed by atoms with Crippen LogP contribution in [0.5, 0.6) is 0 Å². The Labute approximate surface area is 281 Å². The summed E-state index contributed by atoms with van der Waals surface area (Å²) in [7, 11) is 0. The van der Waals surface area contributed by atoms with Gasteiger partial charge >= 0.3 is 35.8 Å². The molecule has 4 aliphatic rings. The van der Waals surface area contributed by atoms with E-state index in [1.165, 1.54) is 20.8 Å². The molecule has 48 heavy (non-hydrogen) atoms. The molecule has 4 rings (SSSR count).